The summed E-state index contributed by atoms with van der Waals surface area (Å²) >= 11 is 0. The van der Waals surface area contributed by atoms with E-state index in [-0.39, 0.29) is 12.4 Å². The third-order valence-electron chi connectivity index (χ3n) is 3.28. The first-order valence-electron chi connectivity index (χ1n) is 6.54. The van der Waals surface area contributed by atoms with Crippen LogP contribution in [0.2, 0.25) is 0 Å². The minimum atomic E-state index is -0.881. The van der Waals surface area contributed by atoms with Gasteiger partial charge in [-0.05, 0) is 12.5 Å². The Bertz CT molecular complexity index is 485. The zero-order valence-corrected chi connectivity index (χ0v) is 13.0. The van der Waals surface area contributed by atoms with Crippen LogP contribution < -0.4 is 14.2 Å². The lowest BCUT2D eigenvalue weighted by Crippen LogP contribution is -2.16. The van der Waals surface area contributed by atoms with Crippen molar-refractivity contribution in [3.8, 4) is 17.2 Å². The first kappa shape index (κ1) is 17.1. The molecule has 0 bridgehead atoms. The second kappa shape index (κ2) is 7.73. The number of carbonyl (C=O) groups is 1. The zero-order chi connectivity index (χ0) is 16.0. The number of carbonyl (C=O) groups excluding carboxylic acids is 1. The molecule has 1 rings (SSSR count). The van der Waals surface area contributed by atoms with E-state index in [0.29, 0.717) is 22.8 Å². The van der Waals surface area contributed by atoms with Gasteiger partial charge < -0.3 is 24.1 Å². The Labute approximate surface area is 124 Å². The topological polar surface area (TPSA) is 74.2 Å². The van der Waals surface area contributed by atoms with Gasteiger partial charge in [0.25, 0.3) is 0 Å². The fourth-order valence-electron chi connectivity index (χ4n) is 2.07. The van der Waals surface area contributed by atoms with Gasteiger partial charge in [0.15, 0.2) is 11.5 Å². The van der Waals surface area contributed by atoms with E-state index in [1.807, 2.05) is 0 Å². The molecule has 2 unspecified atom stereocenters. The summed E-state index contributed by atoms with van der Waals surface area (Å²) in [6.07, 6.45) is -0.660. The minimum Gasteiger partial charge on any atom is -0.496 e. The van der Waals surface area contributed by atoms with Crippen LogP contribution in [0, 0.1) is 5.92 Å². The maximum atomic E-state index is 11.4. The molecule has 0 spiro atoms. The number of aliphatic hydroxyl groups is 1. The number of ether oxygens (including phenoxy) is 4. The molecule has 1 aromatic rings. The van der Waals surface area contributed by atoms with Crippen molar-refractivity contribution >= 4 is 5.97 Å². The number of esters is 1. The monoisotopic (exact) mass is 298 g/mol. The molecule has 0 aliphatic carbocycles. The van der Waals surface area contributed by atoms with Crippen LogP contribution in [0.15, 0.2) is 12.1 Å². The van der Waals surface area contributed by atoms with Gasteiger partial charge in [-0.1, -0.05) is 6.92 Å². The largest absolute Gasteiger partial charge is 0.496 e. The van der Waals surface area contributed by atoms with E-state index >= 15 is 0 Å². The summed E-state index contributed by atoms with van der Waals surface area (Å²) < 4.78 is 20.3. The fraction of sp³-hybridized carbons (Fsp3) is 0.533. The summed E-state index contributed by atoms with van der Waals surface area (Å²) in [5.41, 5.74) is 0.533. The maximum Gasteiger partial charge on any atom is 0.308 e. The van der Waals surface area contributed by atoms with E-state index in [0.717, 1.165) is 0 Å². The summed E-state index contributed by atoms with van der Waals surface area (Å²) in [7, 11) is 5.85. The summed E-state index contributed by atoms with van der Waals surface area (Å²) in [5, 5.41) is 10.3. The number of benzene rings is 1. The molecule has 0 saturated heterocycles. The van der Waals surface area contributed by atoms with Crippen molar-refractivity contribution in [2.45, 2.75) is 19.4 Å². The smallest absolute Gasteiger partial charge is 0.308 e. The Morgan fingerprint density at radius 2 is 1.57 bits per heavy atom. The molecule has 21 heavy (non-hydrogen) atoms. The highest BCUT2D eigenvalue weighted by Crippen LogP contribution is 2.39. The molecule has 0 aromatic heterocycles. The molecule has 0 amide bonds. The molecule has 2 atom stereocenters. The average molecular weight is 298 g/mol. The van der Waals surface area contributed by atoms with E-state index in [2.05, 4.69) is 4.74 Å². The van der Waals surface area contributed by atoms with Crippen LogP contribution in [0.25, 0.3) is 0 Å². The standard InChI is InChI=1S/C15H22O6/c1-9(15(17)21-5)6-11(16)10-7-13(19-3)14(20-4)8-12(10)18-2/h7-9,11,16H,6H2,1-5H3. The lowest BCUT2D eigenvalue weighted by molar-refractivity contribution is -0.145. The van der Waals surface area contributed by atoms with Crippen LogP contribution in [0.5, 0.6) is 17.2 Å². The fourth-order valence-corrected chi connectivity index (χ4v) is 2.07. The van der Waals surface area contributed by atoms with Crippen LogP contribution in [0.1, 0.15) is 25.0 Å². The van der Waals surface area contributed by atoms with Gasteiger partial charge in [0.05, 0.1) is 40.5 Å². The van der Waals surface area contributed by atoms with Gasteiger partial charge in [-0.2, -0.15) is 0 Å². The molecule has 0 saturated carbocycles. The second-order valence-corrected chi connectivity index (χ2v) is 4.62. The van der Waals surface area contributed by atoms with Crippen molar-refractivity contribution in [3.63, 3.8) is 0 Å². The SMILES string of the molecule is COC(=O)C(C)CC(O)c1cc(OC)c(OC)cc1OC. The number of methoxy groups -OCH3 is 4. The van der Waals surface area contributed by atoms with E-state index in [9.17, 15) is 9.90 Å². The lowest BCUT2D eigenvalue weighted by Gasteiger charge is -2.19. The van der Waals surface area contributed by atoms with Crippen molar-refractivity contribution in [2.24, 2.45) is 5.92 Å². The first-order valence-corrected chi connectivity index (χ1v) is 6.54. The van der Waals surface area contributed by atoms with Gasteiger partial charge in [-0.15, -0.1) is 0 Å². The molecule has 0 heterocycles. The van der Waals surface area contributed by atoms with E-state index in [4.69, 9.17) is 14.2 Å². The molecule has 0 fully saturated rings. The molecular weight excluding hydrogens is 276 g/mol. The molecular formula is C15H22O6. The van der Waals surface area contributed by atoms with Gasteiger partial charge in [0.1, 0.15) is 5.75 Å². The summed E-state index contributed by atoms with van der Waals surface area (Å²) in [6.45, 7) is 1.70. The molecule has 1 aromatic carbocycles. The second-order valence-electron chi connectivity index (χ2n) is 4.62. The van der Waals surface area contributed by atoms with Crippen LogP contribution >= 0.6 is 0 Å². The summed E-state index contributed by atoms with van der Waals surface area (Å²) in [4.78, 5) is 11.4. The molecule has 6 heteroatoms. The van der Waals surface area contributed by atoms with Crippen molar-refractivity contribution < 1.29 is 28.8 Å². The van der Waals surface area contributed by atoms with Gasteiger partial charge >= 0.3 is 5.97 Å². The number of aliphatic hydroxyl groups excluding tert-OH is 1. The van der Waals surface area contributed by atoms with Crippen LogP contribution in [0.3, 0.4) is 0 Å². The number of hydrogen-bond donors (Lipinski definition) is 1. The lowest BCUT2D eigenvalue weighted by atomic mass is 9.97. The van der Waals surface area contributed by atoms with Crippen molar-refractivity contribution in [1.82, 2.24) is 0 Å². The highest BCUT2D eigenvalue weighted by Gasteiger charge is 2.23. The third-order valence-corrected chi connectivity index (χ3v) is 3.28. The first-order chi connectivity index (χ1) is 9.98. The zero-order valence-electron chi connectivity index (χ0n) is 13.0. The maximum absolute atomic E-state index is 11.4. The molecule has 0 aliphatic rings. The highest BCUT2D eigenvalue weighted by atomic mass is 16.5. The van der Waals surface area contributed by atoms with Gasteiger partial charge in [0, 0.05) is 11.6 Å². The van der Waals surface area contributed by atoms with Gasteiger partial charge in [0.2, 0.25) is 0 Å². The molecule has 0 aliphatic heterocycles. The quantitative estimate of drug-likeness (QED) is 0.776. The Morgan fingerprint density at radius 1 is 1.05 bits per heavy atom. The predicted octanol–water partition coefficient (Wildman–Crippen LogP) is 1.94. The highest BCUT2D eigenvalue weighted by molar-refractivity contribution is 5.71. The Hall–Kier alpha value is -1.95. The Balaban J connectivity index is 3.07. The number of rotatable bonds is 7. The van der Waals surface area contributed by atoms with E-state index in [1.54, 1.807) is 19.1 Å². The summed E-state index contributed by atoms with van der Waals surface area (Å²) in [6, 6.07) is 3.28. The van der Waals surface area contributed by atoms with E-state index in [1.165, 1.54) is 28.4 Å². The Morgan fingerprint density at radius 3 is 2.05 bits per heavy atom. The van der Waals surface area contributed by atoms with Crippen LogP contribution in [-0.4, -0.2) is 39.5 Å². The van der Waals surface area contributed by atoms with Gasteiger partial charge in [-0.3, -0.25) is 4.79 Å². The molecule has 6 nitrogen and oxygen atoms in total. The molecule has 118 valence electrons. The van der Waals surface area contributed by atoms with Crippen molar-refractivity contribution in [1.29, 1.82) is 0 Å². The average Bonchev–Trinajstić information content (AvgIpc) is 2.52. The number of hydrogen-bond acceptors (Lipinski definition) is 6. The van der Waals surface area contributed by atoms with Crippen LogP contribution in [0.4, 0.5) is 0 Å². The summed E-state index contributed by atoms with van der Waals surface area (Å²) in [5.74, 6) is 0.665. The molecule has 0 radical (unpaired) electrons. The molecule has 1 N–H and O–H groups in total. The van der Waals surface area contributed by atoms with E-state index < -0.39 is 12.0 Å². The normalized spacial score (nSPS) is 13.2. The van der Waals surface area contributed by atoms with Crippen LogP contribution in [-0.2, 0) is 9.53 Å². The predicted molar refractivity (Wildman–Crippen MR) is 76.9 cm³/mol. The minimum absolute atomic E-state index is 0.221. The third kappa shape index (κ3) is 4.01. The van der Waals surface area contributed by atoms with Gasteiger partial charge in [-0.25, -0.2) is 0 Å². The Kier molecular flexibility index (Phi) is 6.30. The van der Waals surface area contributed by atoms with Crippen molar-refractivity contribution in [3.05, 3.63) is 17.7 Å². The van der Waals surface area contributed by atoms with Crippen molar-refractivity contribution in [2.75, 3.05) is 28.4 Å².